The van der Waals surface area contributed by atoms with Gasteiger partial charge in [-0.05, 0) is 30.7 Å². The maximum absolute atomic E-state index is 11.7. The molecule has 21 heavy (non-hydrogen) atoms. The summed E-state index contributed by atoms with van der Waals surface area (Å²) in [5.41, 5.74) is 1.39. The zero-order chi connectivity index (χ0) is 15.2. The maximum atomic E-state index is 11.7. The van der Waals surface area contributed by atoms with E-state index in [1.54, 1.807) is 35.0 Å². The summed E-state index contributed by atoms with van der Waals surface area (Å²) in [6.07, 6.45) is 1.75. The average molecular weight is 284 g/mol. The highest BCUT2D eigenvalue weighted by atomic mass is 16.5. The molecular formula is C16H16N2O3. The lowest BCUT2D eigenvalue weighted by molar-refractivity contribution is 0.278. The van der Waals surface area contributed by atoms with Crippen LogP contribution in [0.2, 0.25) is 0 Å². The predicted molar refractivity (Wildman–Crippen MR) is 78.6 cm³/mol. The van der Waals surface area contributed by atoms with Gasteiger partial charge in [-0.3, -0.25) is 4.79 Å². The van der Waals surface area contributed by atoms with Crippen molar-refractivity contribution in [2.45, 2.75) is 13.5 Å². The molecule has 2 rings (SSSR count). The molecule has 1 aromatic heterocycles. The van der Waals surface area contributed by atoms with Gasteiger partial charge in [-0.25, -0.2) is 0 Å². The van der Waals surface area contributed by atoms with Crippen LogP contribution in [-0.4, -0.2) is 18.3 Å². The first-order chi connectivity index (χ1) is 10.1. The fraction of sp³-hybridized carbons (Fsp3) is 0.250. The molecule has 0 aliphatic heterocycles. The van der Waals surface area contributed by atoms with Gasteiger partial charge in [0.1, 0.15) is 6.61 Å². The third kappa shape index (κ3) is 3.63. The Kier molecular flexibility index (Phi) is 4.62. The van der Waals surface area contributed by atoms with E-state index in [0.29, 0.717) is 30.2 Å². The number of aromatic nitrogens is 1. The van der Waals surface area contributed by atoms with Crippen molar-refractivity contribution in [1.82, 2.24) is 4.57 Å². The van der Waals surface area contributed by atoms with Gasteiger partial charge in [0, 0.05) is 18.3 Å². The first-order valence-corrected chi connectivity index (χ1v) is 6.52. The van der Waals surface area contributed by atoms with Gasteiger partial charge in [0.15, 0.2) is 11.5 Å². The van der Waals surface area contributed by atoms with Gasteiger partial charge in [-0.2, -0.15) is 5.26 Å². The van der Waals surface area contributed by atoms with Crippen molar-refractivity contribution in [2.24, 2.45) is 0 Å². The smallest absolute Gasteiger partial charge is 0.250 e. The molecule has 0 N–H and O–H groups in total. The van der Waals surface area contributed by atoms with Crippen molar-refractivity contribution in [1.29, 1.82) is 5.26 Å². The Morgan fingerprint density at radius 3 is 2.71 bits per heavy atom. The highest BCUT2D eigenvalue weighted by molar-refractivity contribution is 5.46. The van der Waals surface area contributed by atoms with Gasteiger partial charge in [-0.15, -0.1) is 0 Å². The van der Waals surface area contributed by atoms with Crippen LogP contribution < -0.4 is 15.0 Å². The highest BCUT2D eigenvalue weighted by Gasteiger charge is 2.06. The van der Waals surface area contributed by atoms with Crippen LogP contribution in [0, 0.1) is 18.3 Å². The van der Waals surface area contributed by atoms with Crippen LogP contribution in [0.5, 0.6) is 11.5 Å². The van der Waals surface area contributed by atoms with Crippen molar-refractivity contribution in [3.63, 3.8) is 0 Å². The predicted octanol–water partition coefficient (Wildman–Crippen LogP) is 2.12. The lowest BCUT2D eigenvalue weighted by atomic mass is 10.2. The summed E-state index contributed by atoms with van der Waals surface area (Å²) < 4.78 is 12.4. The van der Waals surface area contributed by atoms with Gasteiger partial charge in [0.25, 0.3) is 5.56 Å². The fourth-order valence-corrected chi connectivity index (χ4v) is 1.90. The van der Waals surface area contributed by atoms with E-state index in [1.807, 2.05) is 19.1 Å². The van der Waals surface area contributed by atoms with E-state index in [2.05, 4.69) is 0 Å². The number of nitriles is 1. The second-order valence-corrected chi connectivity index (χ2v) is 4.56. The Labute approximate surface area is 123 Å². The van der Waals surface area contributed by atoms with Gasteiger partial charge < -0.3 is 14.0 Å². The Morgan fingerprint density at radius 2 is 2.05 bits per heavy atom. The highest BCUT2D eigenvalue weighted by Crippen LogP contribution is 2.27. The number of rotatable bonds is 5. The molecule has 0 atom stereocenters. The summed E-state index contributed by atoms with van der Waals surface area (Å²) in [4.78, 5) is 11.7. The number of methoxy groups -OCH3 is 1. The Morgan fingerprint density at radius 1 is 1.24 bits per heavy atom. The lowest BCUT2D eigenvalue weighted by Crippen LogP contribution is -2.22. The van der Waals surface area contributed by atoms with E-state index >= 15 is 0 Å². The zero-order valence-corrected chi connectivity index (χ0v) is 12.0. The van der Waals surface area contributed by atoms with Crippen molar-refractivity contribution < 1.29 is 9.47 Å². The summed E-state index contributed by atoms with van der Waals surface area (Å²) in [5, 5.41) is 8.84. The summed E-state index contributed by atoms with van der Waals surface area (Å²) in [6, 6.07) is 10.5. The van der Waals surface area contributed by atoms with Crippen molar-refractivity contribution in [3.8, 4) is 17.6 Å². The Balaban J connectivity index is 2.03. The van der Waals surface area contributed by atoms with E-state index in [0.717, 1.165) is 5.56 Å². The second-order valence-electron chi connectivity index (χ2n) is 4.56. The van der Waals surface area contributed by atoms with Gasteiger partial charge in [0.05, 0.1) is 25.3 Å². The van der Waals surface area contributed by atoms with Crippen molar-refractivity contribution in [3.05, 3.63) is 58.0 Å². The van der Waals surface area contributed by atoms with E-state index in [9.17, 15) is 4.79 Å². The molecule has 2 aromatic rings. The Hall–Kier alpha value is -2.74. The van der Waals surface area contributed by atoms with Crippen LogP contribution in [-0.2, 0) is 6.54 Å². The first-order valence-electron chi connectivity index (χ1n) is 6.52. The molecule has 0 saturated heterocycles. The van der Waals surface area contributed by atoms with Crippen molar-refractivity contribution in [2.75, 3.05) is 13.7 Å². The molecule has 5 nitrogen and oxygen atoms in total. The topological polar surface area (TPSA) is 64.2 Å². The minimum Gasteiger partial charge on any atom is -0.493 e. The van der Waals surface area contributed by atoms with Gasteiger partial charge >= 0.3 is 0 Å². The largest absolute Gasteiger partial charge is 0.493 e. The monoisotopic (exact) mass is 284 g/mol. The molecule has 0 aliphatic carbocycles. The molecule has 0 spiro atoms. The second kappa shape index (κ2) is 6.62. The molecule has 0 fully saturated rings. The van der Waals surface area contributed by atoms with Gasteiger partial charge in [-0.1, -0.05) is 0 Å². The summed E-state index contributed by atoms with van der Waals surface area (Å²) in [5.74, 6) is 1.06. The summed E-state index contributed by atoms with van der Waals surface area (Å²) in [6.45, 7) is 2.66. The average Bonchev–Trinajstić information content (AvgIpc) is 2.49. The molecule has 1 aromatic carbocycles. The van der Waals surface area contributed by atoms with Crippen LogP contribution in [0.25, 0.3) is 0 Å². The molecule has 1 heterocycles. The Bertz CT molecular complexity index is 729. The number of benzene rings is 1. The number of ether oxygens (including phenoxy) is 2. The number of aryl methyl sites for hydroxylation is 1. The third-order valence-electron chi connectivity index (χ3n) is 3.03. The molecule has 0 saturated carbocycles. The molecule has 0 aliphatic rings. The molecule has 0 unspecified atom stereocenters. The standard InChI is InChI=1S/C16H16N2O3/c1-12-5-6-18(16(19)9-12)7-8-21-14-4-3-13(11-17)10-15(14)20-2/h3-6,9-10H,7-8H2,1-2H3. The first kappa shape index (κ1) is 14.7. The summed E-state index contributed by atoms with van der Waals surface area (Å²) >= 11 is 0. The zero-order valence-electron chi connectivity index (χ0n) is 12.0. The quantitative estimate of drug-likeness (QED) is 0.843. The molecule has 0 amide bonds. The summed E-state index contributed by atoms with van der Waals surface area (Å²) in [7, 11) is 1.52. The molecule has 0 radical (unpaired) electrons. The van der Waals surface area contributed by atoms with Crippen LogP contribution in [0.15, 0.2) is 41.3 Å². The number of hydrogen-bond acceptors (Lipinski definition) is 4. The van der Waals surface area contributed by atoms with E-state index in [-0.39, 0.29) is 5.56 Å². The lowest BCUT2D eigenvalue weighted by Gasteiger charge is -2.11. The van der Waals surface area contributed by atoms with Crippen molar-refractivity contribution >= 4 is 0 Å². The minimum absolute atomic E-state index is 0.0506. The van der Waals surface area contributed by atoms with Crippen LogP contribution in [0.1, 0.15) is 11.1 Å². The number of pyridine rings is 1. The molecule has 0 bridgehead atoms. The number of hydrogen-bond donors (Lipinski definition) is 0. The van der Waals surface area contributed by atoms with E-state index in [4.69, 9.17) is 14.7 Å². The SMILES string of the molecule is COc1cc(C#N)ccc1OCCn1ccc(C)cc1=O. The number of nitrogens with zero attached hydrogens (tertiary/aromatic N) is 2. The van der Waals surface area contributed by atoms with E-state index in [1.165, 1.54) is 7.11 Å². The van der Waals surface area contributed by atoms with Crippen LogP contribution in [0.3, 0.4) is 0 Å². The maximum Gasteiger partial charge on any atom is 0.250 e. The normalized spacial score (nSPS) is 9.95. The van der Waals surface area contributed by atoms with Crippen LogP contribution in [0.4, 0.5) is 0 Å². The minimum atomic E-state index is -0.0506. The molecule has 108 valence electrons. The van der Waals surface area contributed by atoms with Crippen LogP contribution >= 0.6 is 0 Å². The van der Waals surface area contributed by atoms with E-state index < -0.39 is 0 Å². The molecular weight excluding hydrogens is 268 g/mol. The van der Waals surface area contributed by atoms with Gasteiger partial charge in [0.2, 0.25) is 0 Å². The fourth-order valence-electron chi connectivity index (χ4n) is 1.90. The molecule has 5 heteroatoms. The third-order valence-corrected chi connectivity index (χ3v) is 3.03.